The van der Waals surface area contributed by atoms with E-state index in [4.69, 9.17) is 10.5 Å². The van der Waals surface area contributed by atoms with E-state index in [1.807, 2.05) is 55.5 Å². The van der Waals surface area contributed by atoms with Gasteiger partial charge in [-0.25, -0.2) is 0 Å². The summed E-state index contributed by atoms with van der Waals surface area (Å²) in [5.74, 6) is 1.44. The molecule has 2 rings (SSSR count). The number of benzene rings is 2. The molecule has 2 aromatic rings. The Morgan fingerprint density at radius 2 is 1.90 bits per heavy atom. The maximum Gasteiger partial charge on any atom is 0.119 e. The number of aryl methyl sites for hydroxylation is 1. The van der Waals surface area contributed by atoms with E-state index in [-0.39, 0.29) is 0 Å². The van der Waals surface area contributed by atoms with Crippen LogP contribution in [-0.4, -0.2) is 16.6 Å². The van der Waals surface area contributed by atoms with E-state index < -0.39 is 10.8 Å². The molecule has 0 fully saturated rings. The topological polar surface area (TPSA) is 52.3 Å². The minimum absolute atomic E-state index is 0.537. The van der Waals surface area contributed by atoms with Crippen LogP contribution in [0.4, 0.5) is 0 Å². The molecule has 0 bridgehead atoms. The quantitative estimate of drug-likeness (QED) is 0.800. The fourth-order valence-corrected chi connectivity index (χ4v) is 3.14. The molecule has 0 aromatic heterocycles. The molecule has 0 saturated heterocycles. The number of hydrogen-bond donors (Lipinski definition) is 1. The van der Waals surface area contributed by atoms with Gasteiger partial charge in [0.05, 0.1) is 17.4 Å². The van der Waals surface area contributed by atoms with Crippen LogP contribution in [0, 0.1) is 6.92 Å². The van der Waals surface area contributed by atoms with Gasteiger partial charge in [0.1, 0.15) is 5.75 Å². The number of rotatable bonds is 7. The fraction of sp³-hybridized carbons (Fsp3) is 0.294. The van der Waals surface area contributed by atoms with Gasteiger partial charge in [0, 0.05) is 17.2 Å². The summed E-state index contributed by atoms with van der Waals surface area (Å²) in [7, 11) is -0.953. The van der Waals surface area contributed by atoms with Crippen LogP contribution >= 0.6 is 0 Å². The smallest absolute Gasteiger partial charge is 0.119 e. The van der Waals surface area contributed by atoms with Crippen LogP contribution in [0.5, 0.6) is 5.75 Å². The summed E-state index contributed by atoms with van der Waals surface area (Å²) in [5, 5.41) is 0. The third-order valence-electron chi connectivity index (χ3n) is 3.15. The van der Waals surface area contributed by atoms with Crippen molar-refractivity contribution >= 4 is 10.8 Å². The Bertz CT molecular complexity index is 596. The highest BCUT2D eigenvalue weighted by Crippen LogP contribution is 2.13. The third-order valence-corrected chi connectivity index (χ3v) is 4.59. The van der Waals surface area contributed by atoms with Crippen molar-refractivity contribution in [1.82, 2.24) is 0 Å². The van der Waals surface area contributed by atoms with Gasteiger partial charge in [-0.2, -0.15) is 0 Å². The molecule has 0 heterocycles. The molecule has 0 spiro atoms. The van der Waals surface area contributed by atoms with Crippen molar-refractivity contribution in [3.05, 3.63) is 59.7 Å². The molecule has 2 N–H and O–H groups in total. The Morgan fingerprint density at radius 3 is 2.57 bits per heavy atom. The monoisotopic (exact) mass is 303 g/mol. The van der Waals surface area contributed by atoms with Crippen LogP contribution < -0.4 is 10.5 Å². The van der Waals surface area contributed by atoms with E-state index in [0.717, 1.165) is 28.2 Å². The summed E-state index contributed by atoms with van der Waals surface area (Å²) in [6.07, 6.45) is 0.763. The average Bonchev–Trinajstić information content (AvgIpc) is 2.52. The van der Waals surface area contributed by atoms with Gasteiger partial charge >= 0.3 is 0 Å². The summed E-state index contributed by atoms with van der Waals surface area (Å²) in [6.45, 7) is 3.12. The third kappa shape index (κ3) is 4.99. The number of hydrogen-bond acceptors (Lipinski definition) is 3. The summed E-state index contributed by atoms with van der Waals surface area (Å²) >= 11 is 0. The second-order valence-electron chi connectivity index (χ2n) is 4.92. The Morgan fingerprint density at radius 1 is 1.14 bits per heavy atom. The summed E-state index contributed by atoms with van der Waals surface area (Å²) in [5.41, 5.74) is 7.77. The molecule has 0 saturated carbocycles. The van der Waals surface area contributed by atoms with Crippen LogP contribution in [0.2, 0.25) is 0 Å². The molecule has 21 heavy (non-hydrogen) atoms. The lowest BCUT2D eigenvalue weighted by molar-refractivity contribution is 0.318. The normalized spacial score (nSPS) is 12.1. The minimum atomic E-state index is -0.953. The van der Waals surface area contributed by atoms with Crippen molar-refractivity contribution in [2.45, 2.75) is 24.8 Å². The van der Waals surface area contributed by atoms with Gasteiger partial charge in [0.2, 0.25) is 0 Å². The zero-order valence-corrected chi connectivity index (χ0v) is 13.1. The zero-order chi connectivity index (χ0) is 15.1. The number of ether oxygens (including phenoxy) is 1. The predicted molar refractivity (Wildman–Crippen MR) is 86.9 cm³/mol. The first-order valence-electron chi connectivity index (χ1n) is 7.06. The molecule has 2 aromatic carbocycles. The molecule has 0 radical (unpaired) electrons. The fourth-order valence-electron chi connectivity index (χ4n) is 1.98. The highest BCUT2D eigenvalue weighted by atomic mass is 32.2. The lowest BCUT2D eigenvalue weighted by Crippen LogP contribution is -2.05. The van der Waals surface area contributed by atoms with Gasteiger partial charge in [0.25, 0.3) is 0 Å². The highest BCUT2D eigenvalue weighted by molar-refractivity contribution is 7.85. The van der Waals surface area contributed by atoms with Crippen molar-refractivity contribution in [2.24, 2.45) is 5.73 Å². The van der Waals surface area contributed by atoms with Crippen LogP contribution in [0.1, 0.15) is 17.5 Å². The molecule has 3 nitrogen and oxygen atoms in total. The Labute approximate surface area is 128 Å². The Hall–Kier alpha value is -1.65. The average molecular weight is 303 g/mol. The van der Waals surface area contributed by atoms with Crippen LogP contribution in [0.3, 0.4) is 0 Å². The maximum atomic E-state index is 12.1. The van der Waals surface area contributed by atoms with Gasteiger partial charge in [-0.05, 0) is 48.7 Å². The summed E-state index contributed by atoms with van der Waals surface area (Å²) in [6, 6.07) is 15.6. The van der Waals surface area contributed by atoms with E-state index in [2.05, 4.69) is 0 Å². The van der Waals surface area contributed by atoms with E-state index in [0.29, 0.717) is 18.9 Å². The second kappa shape index (κ2) is 7.96. The molecule has 0 aliphatic carbocycles. The van der Waals surface area contributed by atoms with E-state index in [1.165, 1.54) is 0 Å². The van der Waals surface area contributed by atoms with Gasteiger partial charge in [-0.3, -0.25) is 4.21 Å². The van der Waals surface area contributed by atoms with E-state index in [1.54, 1.807) is 0 Å². The molecular weight excluding hydrogens is 282 g/mol. The SMILES string of the molecule is Cc1cccc(S(=O)CCCOc2ccc(CN)cc2)c1. The second-order valence-corrected chi connectivity index (χ2v) is 6.49. The molecule has 4 heteroatoms. The van der Waals surface area contributed by atoms with Crippen molar-refractivity contribution in [2.75, 3.05) is 12.4 Å². The van der Waals surface area contributed by atoms with Crippen molar-refractivity contribution in [3.63, 3.8) is 0 Å². The molecule has 0 amide bonds. The first-order chi connectivity index (χ1) is 10.2. The van der Waals surface area contributed by atoms with E-state index >= 15 is 0 Å². The van der Waals surface area contributed by atoms with Gasteiger partial charge < -0.3 is 10.5 Å². The first kappa shape index (κ1) is 15.7. The lowest BCUT2D eigenvalue weighted by Gasteiger charge is -2.07. The predicted octanol–water partition coefficient (Wildman–Crippen LogP) is 3.03. The maximum absolute atomic E-state index is 12.1. The summed E-state index contributed by atoms with van der Waals surface area (Å²) < 4.78 is 17.8. The van der Waals surface area contributed by atoms with Crippen LogP contribution in [0.15, 0.2) is 53.4 Å². The van der Waals surface area contributed by atoms with Crippen molar-refractivity contribution in [1.29, 1.82) is 0 Å². The highest BCUT2D eigenvalue weighted by Gasteiger charge is 2.04. The minimum Gasteiger partial charge on any atom is -0.494 e. The van der Waals surface area contributed by atoms with Gasteiger partial charge in [0.15, 0.2) is 0 Å². The molecule has 1 unspecified atom stereocenters. The van der Waals surface area contributed by atoms with Gasteiger partial charge in [-0.1, -0.05) is 24.3 Å². The van der Waals surface area contributed by atoms with Crippen LogP contribution in [-0.2, 0) is 17.3 Å². The van der Waals surface area contributed by atoms with E-state index in [9.17, 15) is 4.21 Å². The first-order valence-corrected chi connectivity index (χ1v) is 8.38. The standard InChI is InChI=1S/C17H21NO2S/c1-14-4-2-5-17(12-14)21(19)11-3-10-20-16-8-6-15(13-18)7-9-16/h2,4-9,12H,3,10-11,13,18H2,1H3. The Balaban J connectivity index is 1.75. The lowest BCUT2D eigenvalue weighted by atomic mass is 10.2. The summed E-state index contributed by atoms with van der Waals surface area (Å²) in [4.78, 5) is 0.891. The van der Waals surface area contributed by atoms with Crippen molar-refractivity contribution < 1.29 is 8.95 Å². The van der Waals surface area contributed by atoms with Crippen molar-refractivity contribution in [3.8, 4) is 5.75 Å². The molecular formula is C17H21NO2S. The largest absolute Gasteiger partial charge is 0.494 e. The zero-order valence-electron chi connectivity index (χ0n) is 12.2. The number of nitrogens with two attached hydrogens (primary N) is 1. The molecule has 112 valence electrons. The Kier molecular flexibility index (Phi) is 5.96. The van der Waals surface area contributed by atoms with Gasteiger partial charge in [-0.15, -0.1) is 0 Å². The molecule has 0 aliphatic heterocycles. The van der Waals surface area contributed by atoms with Crippen LogP contribution in [0.25, 0.3) is 0 Å². The molecule has 1 atom stereocenters. The molecule has 0 aliphatic rings.